The summed E-state index contributed by atoms with van der Waals surface area (Å²) in [7, 11) is 1.52. The average molecular weight is 399 g/mol. The molecular formula is C19H15ClN4O4. The molecule has 28 heavy (non-hydrogen) atoms. The fraction of sp³-hybridized carbons (Fsp3) is 0.158. The summed E-state index contributed by atoms with van der Waals surface area (Å²) in [4.78, 5) is 29.4. The minimum Gasteiger partial charge on any atom is -0.495 e. The van der Waals surface area contributed by atoms with Gasteiger partial charge in [0.2, 0.25) is 0 Å². The van der Waals surface area contributed by atoms with Crippen LogP contribution < -0.4 is 10.3 Å². The van der Waals surface area contributed by atoms with Crippen LogP contribution >= 0.6 is 11.6 Å². The Morgan fingerprint density at radius 2 is 2.07 bits per heavy atom. The highest BCUT2D eigenvalue weighted by atomic mass is 35.5. The van der Waals surface area contributed by atoms with E-state index in [9.17, 15) is 9.59 Å². The van der Waals surface area contributed by atoms with Gasteiger partial charge in [0, 0.05) is 17.4 Å². The van der Waals surface area contributed by atoms with Gasteiger partial charge in [-0.3, -0.25) is 9.36 Å². The third-order valence-corrected chi connectivity index (χ3v) is 4.53. The van der Waals surface area contributed by atoms with Gasteiger partial charge in [0.05, 0.1) is 36.5 Å². The SMILES string of the molecule is CCOC(=O)c1cnn2c1ncc1c(=O)n(-c3cc(Cl)ccc3OC)ccc12. The smallest absolute Gasteiger partial charge is 0.343 e. The number of pyridine rings is 1. The number of halogens is 1. The molecule has 0 amide bonds. The zero-order chi connectivity index (χ0) is 19.8. The van der Waals surface area contributed by atoms with Crippen LogP contribution in [0, 0.1) is 0 Å². The summed E-state index contributed by atoms with van der Waals surface area (Å²) in [6.07, 6.45) is 4.40. The fourth-order valence-corrected chi connectivity index (χ4v) is 3.18. The maximum atomic E-state index is 13.1. The molecule has 0 aliphatic heterocycles. The summed E-state index contributed by atoms with van der Waals surface area (Å²) in [5, 5.41) is 5.00. The summed E-state index contributed by atoms with van der Waals surface area (Å²) in [6.45, 7) is 1.97. The second-order valence-electron chi connectivity index (χ2n) is 5.88. The van der Waals surface area contributed by atoms with Gasteiger partial charge < -0.3 is 9.47 Å². The van der Waals surface area contributed by atoms with Crippen LogP contribution in [0.15, 0.2) is 47.7 Å². The highest BCUT2D eigenvalue weighted by molar-refractivity contribution is 6.30. The topological polar surface area (TPSA) is 87.7 Å². The highest BCUT2D eigenvalue weighted by Gasteiger charge is 2.18. The highest BCUT2D eigenvalue weighted by Crippen LogP contribution is 2.26. The molecule has 9 heteroatoms. The lowest BCUT2D eigenvalue weighted by molar-refractivity contribution is 0.0528. The number of rotatable bonds is 4. The summed E-state index contributed by atoms with van der Waals surface area (Å²) < 4.78 is 13.2. The Kier molecular flexibility index (Phi) is 4.48. The lowest BCUT2D eigenvalue weighted by atomic mass is 10.2. The first-order valence-corrected chi connectivity index (χ1v) is 8.82. The maximum absolute atomic E-state index is 13.1. The number of hydrogen-bond acceptors (Lipinski definition) is 6. The lowest BCUT2D eigenvalue weighted by Gasteiger charge is -2.12. The summed E-state index contributed by atoms with van der Waals surface area (Å²) >= 11 is 6.09. The molecular weight excluding hydrogens is 384 g/mol. The van der Waals surface area contributed by atoms with Crippen LogP contribution in [-0.4, -0.2) is 38.9 Å². The fourth-order valence-electron chi connectivity index (χ4n) is 3.01. The second kappa shape index (κ2) is 6.97. The molecule has 0 radical (unpaired) electrons. The van der Waals surface area contributed by atoms with E-state index in [2.05, 4.69) is 10.1 Å². The largest absolute Gasteiger partial charge is 0.495 e. The van der Waals surface area contributed by atoms with Gasteiger partial charge >= 0.3 is 5.97 Å². The number of fused-ring (bicyclic) bond motifs is 3. The van der Waals surface area contributed by atoms with Crippen molar-refractivity contribution in [1.82, 2.24) is 19.2 Å². The van der Waals surface area contributed by atoms with Crippen molar-refractivity contribution in [3.63, 3.8) is 0 Å². The molecule has 0 saturated carbocycles. The Morgan fingerprint density at radius 3 is 2.82 bits per heavy atom. The van der Waals surface area contributed by atoms with Gasteiger partial charge in [0.25, 0.3) is 5.56 Å². The summed E-state index contributed by atoms with van der Waals surface area (Å²) in [5.41, 5.74) is 1.27. The second-order valence-corrected chi connectivity index (χ2v) is 6.31. The molecule has 0 bridgehead atoms. The Labute approximate surface area is 163 Å². The predicted octanol–water partition coefficient (Wildman–Crippen LogP) is 2.87. The minimum atomic E-state index is -0.513. The Bertz CT molecular complexity index is 1280. The maximum Gasteiger partial charge on any atom is 0.343 e. The average Bonchev–Trinajstić information content (AvgIpc) is 3.13. The molecule has 8 nitrogen and oxygen atoms in total. The zero-order valence-electron chi connectivity index (χ0n) is 15.0. The molecule has 0 aliphatic rings. The van der Waals surface area contributed by atoms with E-state index in [0.717, 1.165) is 0 Å². The van der Waals surface area contributed by atoms with Gasteiger partial charge in [-0.2, -0.15) is 5.10 Å². The Balaban J connectivity index is 1.94. The predicted molar refractivity (Wildman–Crippen MR) is 104 cm³/mol. The van der Waals surface area contributed by atoms with Crippen molar-refractivity contribution in [3.8, 4) is 11.4 Å². The molecule has 4 aromatic rings. The van der Waals surface area contributed by atoms with E-state index >= 15 is 0 Å². The van der Waals surface area contributed by atoms with Crippen LogP contribution in [0.3, 0.4) is 0 Å². The number of carbonyl (C=O) groups excluding carboxylic acids is 1. The molecule has 0 N–H and O–H groups in total. The van der Waals surface area contributed by atoms with Gasteiger partial charge in [-0.05, 0) is 31.2 Å². The summed E-state index contributed by atoms with van der Waals surface area (Å²) in [5.74, 6) is -0.00932. The number of hydrogen-bond donors (Lipinski definition) is 0. The first kappa shape index (κ1) is 18.0. The first-order chi connectivity index (χ1) is 13.5. The minimum absolute atomic E-state index is 0.240. The number of esters is 1. The molecule has 0 unspecified atom stereocenters. The van der Waals surface area contributed by atoms with Gasteiger partial charge in [0.1, 0.15) is 11.3 Å². The van der Waals surface area contributed by atoms with Crippen LogP contribution in [0.5, 0.6) is 5.75 Å². The Morgan fingerprint density at radius 1 is 1.25 bits per heavy atom. The molecule has 142 valence electrons. The number of aromatic nitrogens is 4. The number of nitrogens with zero attached hydrogens (tertiary/aromatic N) is 4. The molecule has 1 aromatic carbocycles. The van der Waals surface area contributed by atoms with Crippen molar-refractivity contribution in [3.05, 3.63) is 63.8 Å². The molecule has 0 spiro atoms. The summed E-state index contributed by atoms with van der Waals surface area (Å²) in [6, 6.07) is 6.73. The number of carbonyl (C=O) groups is 1. The van der Waals surface area contributed by atoms with Crippen LogP contribution in [0.2, 0.25) is 5.02 Å². The third-order valence-electron chi connectivity index (χ3n) is 4.29. The lowest BCUT2D eigenvalue weighted by Crippen LogP contribution is -2.19. The van der Waals surface area contributed by atoms with Crippen molar-refractivity contribution < 1.29 is 14.3 Å². The van der Waals surface area contributed by atoms with Crippen molar-refractivity contribution in [1.29, 1.82) is 0 Å². The van der Waals surface area contributed by atoms with E-state index in [4.69, 9.17) is 21.1 Å². The normalized spacial score (nSPS) is 11.1. The molecule has 0 fully saturated rings. The quantitative estimate of drug-likeness (QED) is 0.491. The van der Waals surface area contributed by atoms with E-state index in [1.165, 1.54) is 28.6 Å². The first-order valence-electron chi connectivity index (χ1n) is 8.44. The molecule has 3 heterocycles. The monoisotopic (exact) mass is 398 g/mol. The van der Waals surface area contributed by atoms with Gasteiger partial charge in [0.15, 0.2) is 5.65 Å². The molecule has 4 rings (SSSR count). The van der Waals surface area contributed by atoms with Crippen molar-refractivity contribution in [2.75, 3.05) is 13.7 Å². The van der Waals surface area contributed by atoms with Gasteiger partial charge in [-0.25, -0.2) is 14.3 Å². The third kappa shape index (κ3) is 2.78. The molecule has 3 aromatic heterocycles. The Hall–Kier alpha value is -3.39. The van der Waals surface area contributed by atoms with Gasteiger partial charge in [-0.1, -0.05) is 11.6 Å². The van der Waals surface area contributed by atoms with E-state index in [1.807, 2.05) is 0 Å². The number of ether oxygens (including phenoxy) is 2. The number of benzene rings is 1. The van der Waals surface area contributed by atoms with Crippen molar-refractivity contribution in [2.24, 2.45) is 0 Å². The van der Waals surface area contributed by atoms with Crippen LogP contribution in [0.25, 0.3) is 22.2 Å². The zero-order valence-corrected chi connectivity index (χ0v) is 15.8. The molecule has 0 saturated heterocycles. The number of methoxy groups -OCH3 is 1. The van der Waals surface area contributed by atoms with Crippen LogP contribution in [0.1, 0.15) is 17.3 Å². The standard InChI is InChI=1S/C19H15ClN4O4/c1-3-28-19(26)13-10-22-24-14-6-7-23(18(25)12(14)9-21-17(13)24)15-8-11(20)4-5-16(15)27-2/h4-10H,3H2,1-2H3. The molecule has 0 aliphatic carbocycles. The van der Waals surface area contributed by atoms with E-state index in [0.29, 0.717) is 33.0 Å². The van der Waals surface area contributed by atoms with Crippen molar-refractivity contribution in [2.45, 2.75) is 6.92 Å². The van der Waals surface area contributed by atoms with Crippen molar-refractivity contribution >= 4 is 34.1 Å². The van der Waals surface area contributed by atoms with Gasteiger partial charge in [-0.15, -0.1) is 0 Å². The van der Waals surface area contributed by atoms with E-state index in [-0.39, 0.29) is 17.7 Å². The van der Waals surface area contributed by atoms with E-state index in [1.54, 1.807) is 37.4 Å². The molecule has 0 atom stereocenters. The van der Waals surface area contributed by atoms with Crippen LogP contribution in [0.4, 0.5) is 0 Å². The van der Waals surface area contributed by atoms with E-state index < -0.39 is 5.97 Å². The van der Waals surface area contributed by atoms with Crippen LogP contribution in [-0.2, 0) is 4.74 Å².